The SMILES string of the molecule is CCNC(=NCCS(C)(=O)=O)N1CCC(c2cnn(C)c2)C1. The van der Waals surface area contributed by atoms with Gasteiger partial charge in [0.15, 0.2) is 5.96 Å². The fourth-order valence-electron chi connectivity index (χ4n) is 2.62. The number of hydrogen-bond acceptors (Lipinski definition) is 4. The highest BCUT2D eigenvalue weighted by molar-refractivity contribution is 7.90. The molecule has 0 saturated carbocycles. The molecule has 1 unspecified atom stereocenters. The van der Waals surface area contributed by atoms with Crippen LogP contribution >= 0.6 is 0 Å². The molecular formula is C14H25N5O2S. The Bertz CT molecular complexity index is 623. The first kappa shape index (κ1) is 16.8. The lowest BCUT2D eigenvalue weighted by Gasteiger charge is -2.21. The van der Waals surface area contributed by atoms with Gasteiger partial charge in [0.05, 0.1) is 18.5 Å². The number of nitrogens with zero attached hydrogens (tertiary/aromatic N) is 4. The zero-order valence-electron chi connectivity index (χ0n) is 13.5. The molecule has 2 rings (SSSR count). The lowest BCUT2D eigenvalue weighted by atomic mass is 10.0. The minimum Gasteiger partial charge on any atom is -0.357 e. The van der Waals surface area contributed by atoms with Crippen molar-refractivity contribution in [2.75, 3.05) is 38.2 Å². The van der Waals surface area contributed by atoms with Gasteiger partial charge in [0.25, 0.3) is 0 Å². The van der Waals surface area contributed by atoms with Crippen LogP contribution in [0, 0.1) is 0 Å². The number of rotatable bonds is 5. The van der Waals surface area contributed by atoms with E-state index in [1.807, 2.05) is 24.9 Å². The predicted octanol–water partition coefficient (Wildman–Crippen LogP) is 0.220. The van der Waals surface area contributed by atoms with Crippen LogP contribution in [0.3, 0.4) is 0 Å². The molecule has 22 heavy (non-hydrogen) atoms. The number of aryl methyl sites for hydroxylation is 1. The Hall–Kier alpha value is -1.57. The number of likely N-dealkylation sites (tertiary alicyclic amines) is 1. The molecule has 1 aliphatic rings. The monoisotopic (exact) mass is 327 g/mol. The van der Waals surface area contributed by atoms with E-state index in [0.29, 0.717) is 12.5 Å². The molecule has 1 fully saturated rings. The average molecular weight is 327 g/mol. The number of hydrogen-bond donors (Lipinski definition) is 1. The Labute approximate surface area is 132 Å². The molecule has 0 aromatic carbocycles. The van der Waals surface area contributed by atoms with Gasteiger partial charge in [0, 0.05) is 45.1 Å². The molecule has 0 spiro atoms. The van der Waals surface area contributed by atoms with Gasteiger partial charge in [-0.3, -0.25) is 9.67 Å². The molecule has 124 valence electrons. The van der Waals surface area contributed by atoms with Crippen LogP contribution in [0.1, 0.15) is 24.8 Å². The summed E-state index contributed by atoms with van der Waals surface area (Å²) in [5, 5.41) is 7.48. The van der Waals surface area contributed by atoms with Crippen LogP contribution in [0.4, 0.5) is 0 Å². The number of guanidine groups is 1. The summed E-state index contributed by atoms with van der Waals surface area (Å²) in [5.74, 6) is 1.34. The maximum atomic E-state index is 11.2. The Morgan fingerprint density at radius 3 is 2.91 bits per heavy atom. The van der Waals surface area contributed by atoms with Crippen LogP contribution in [0.25, 0.3) is 0 Å². The van der Waals surface area contributed by atoms with Gasteiger partial charge in [0.1, 0.15) is 9.84 Å². The van der Waals surface area contributed by atoms with Crippen molar-refractivity contribution in [3.63, 3.8) is 0 Å². The Kier molecular flexibility index (Phi) is 5.44. The number of nitrogens with one attached hydrogen (secondary N) is 1. The minimum atomic E-state index is -2.97. The Morgan fingerprint density at radius 2 is 2.32 bits per heavy atom. The second kappa shape index (κ2) is 7.13. The molecule has 2 heterocycles. The van der Waals surface area contributed by atoms with Crippen molar-refractivity contribution in [3.8, 4) is 0 Å². The van der Waals surface area contributed by atoms with E-state index in [9.17, 15) is 8.42 Å². The number of aliphatic imine (C=N–C) groups is 1. The molecule has 1 aromatic rings. The topological polar surface area (TPSA) is 79.6 Å². The first-order valence-electron chi connectivity index (χ1n) is 7.58. The zero-order chi connectivity index (χ0) is 16.2. The molecule has 0 radical (unpaired) electrons. The van der Waals surface area contributed by atoms with Crippen LogP contribution < -0.4 is 5.32 Å². The first-order chi connectivity index (χ1) is 10.4. The summed E-state index contributed by atoms with van der Waals surface area (Å²) >= 11 is 0. The van der Waals surface area contributed by atoms with E-state index in [1.165, 1.54) is 11.8 Å². The van der Waals surface area contributed by atoms with Crippen molar-refractivity contribution < 1.29 is 8.42 Å². The van der Waals surface area contributed by atoms with Crippen molar-refractivity contribution >= 4 is 15.8 Å². The third-order valence-corrected chi connectivity index (χ3v) is 4.67. The van der Waals surface area contributed by atoms with Crippen molar-refractivity contribution in [3.05, 3.63) is 18.0 Å². The fourth-order valence-corrected chi connectivity index (χ4v) is 3.04. The largest absolute Gasteiger partial charge is 0.357 e. The van der Waals surface area contributed by atoms with Crippen LogP contribution in [0.5, 0.6) is 0 Å². The molecule has 0 bridgehead atoms. The van der Waals surface area contributed by atoms with Gasteiger partial charge in [0.2, 0.25) is 0 Å². The van der Waals surface area contributed by atoms with Crippen LogP contribution in [-0.2, 0) is 16.9 Å². The Morgan fingerprint density at radius 1 is 1.55 bits per heavy atom. The standard InChI is InChI=1S/C14H25N5O2S/c1-4-15-14(16-6-8-22(3,20)21)19-7-5-12(11-19)13-9-17-18(2)10-13/h9-10,12H,4-8,11H2,1-3H3,(H,15,16). The highest BCUT2D eigenvalue weighted by atomic mass is 32.2. The van der Waals surface area contributed by atoms with Gasteiger partial charge in [-0.05, 0) is 18.9 Å². The van der Waals surface area contributed by atoms with Crippen LogP contribution in [-0.4, -0.2) is 67.2 Å². The van der Waals surface area contributed by atoms with E-state index >= 15 is 0 Å². The smallest absolute Gasteiger partial charge is 0.193 e. The van der Waals surface area contributed by atoms with E-state index in [-0.39, 0.29) is 5.75 Å². The molecule has 8 heteroatoms. The van der Waals surface area contributed by atoms with Gasteiger partial charge in [-0.15, -0.1) is 0 Å². The molecular weight excluding hydrogens is 302 g/mol. The van der Waals surface area contributed by atoms with Gasteiger partial charge >= 0.3 is 0 Å². The zero-order valence-corrected chi connectivity index (χ0v) is 14.3. The van der Waals surface area contributed by atoms with Gasteiger partial charge in [-0.1, -0.05) is 0 Å². The first-order valence-corrected chi connectivity index (χ1v) is 9.64. The predicted molar refractivity (Wildman–Crippen MR) is 87.8 cm³/mol. The maximum absolute atomic E-state index is 11.2. The third kappa shape index (κ3) is 4.72. The van der Waals surface area contributed by atoms with Crippen LogP contribution in [0.15, 0.2) is 17.4 Å². The van der Waals surface area contributed by atoms with Crippen molar-refractivity contribution in [2.45, 2.75) is 19.3 Å². The lowest BCUT2D eigenvalue weighted by Crippen LogP contribution is -2.40. The second-order valence-electron chi connectivity index (χ2n) is 5.74. The summed E-state index contributed by atoms with van der Waals surface area (Å²) in [4.78, 5) is 6.64. The molecule has 7 nitrogen and oxygen atoms in total. The molecule has 1 N–H and O–H groups in total. The fraction of sp³-hybridized carbons (Fsp3) is 0.714. The minimum absolute atomic E-state index is 0.0851. The van der Waals surface area contributed by atoms with Crippen molar-refractivity contribution in [1.82, 2.24) is 20.0 Å². The van der Waals surface area contributed by atoms with Crippen molar-refractivity contribution in [1.29, 1.82) is 0 Å². The highest BCUT2D eigenvalue weighted by Gasteiger charge is 2.26. The van der Waals surface area contributed by atoms with Gasteiger partial charge < -0.3 is 10.2 Å². The average Bonchev–Trinajstić information content (AvgIpc) is 3.05. The molecule has 1 saturated heterocycles. The number of sulfone groups is 1. The molecule has 1 aliphatic heterocycles. The van der Waals surface area contributed by atoms with E-state index in [2.05, 4.69) is 26.5 Å². The second-order valence-corrected chi connectivity index (χ2v) is 8.00. The summed E-state index contributed by atoms with van der Waals surface area (Å²) in [6, 6.07) is 0. The summed E-state index contributed by atoms with van der Waals surface area (Å²) < 4.78 is 24.3. The maximum Gasteiger partial charge on any atom is 0.193 e. The Balaban J connectivity index is 1.99. The van der Waals surface area contributed by atoms with Gasteiger partial charge in [-0.25, -0.2) is 8.42 Å². The lowest BCUT2D eigenvalue weighted by molar-refractivity contribution is 0.486. The highest BCUT2D eigenvalue weighted by Crippen LogP contribution is 2.26. The van der Waals surface area contributed by atoms with E-state index in [1.54, 1.807) is 0 Å². The van der Waals surface area contributed by atoms with Crippen LogP contribution in [0.2, 0.25) is 0 Å². The molecule has 0 amide bonds. The molecule has 1 aromatic heterocycles. The summed E-state index contributed by atoms with van der Waals surface area (Å²) in [6.45, 7) is 4.89. The summed E-state index contributed by atoms with van der Waals surface area (Å²) in [6.07, 6.45) is 6.27. The molecule has 1 atom stereocenters. The molecule has 0 aliphatic carbocycles. The van der Waals surface area contributed by atoms with Crippen molar-refractivity contribution in [2.24, 2.45) is 12.0 Å². The van der Waals surface area contributed by atoms with E-state index in [4.69, 9.17) is 0 Å². The van der Waals surface area contributed by atoms with Gasteiger partial charge in [-0.2, -0.15) is 5.10 Å². The summed E-state index contributed by atoms with van der Waals surface area (Å²) in [5.41, 5.74) is 1.25. The third-order valence-electron chi connectivity index (χ3n) is 3.74. The summed E-state index contributed by atoms with van der Waals surface area (Å²) in [7, 11) is -1.05. The van der Waals surface area contributed by atoms with E-state index < -0.39 is 9.84 Å². The van der Waals surface area contributed by atoms with E-state index in [0.717, 1.165) is 32.0 Å². The normalized spacial score (nSPS) is 19.7. The number of aromatic nitrogens is 2. The quantitative estimate of drug-likeness (QED) is 0.618.